The number of amides is 1. The highest BCUT2D eigenvalue weighted by Crippen LogP contribution is 2.47. The number of sulfonamides is 1. The van der Waals surface area contributed by atoms with Crippen molar-refractivity contribution in [3.05, 3.63) is 64.7 Å². The number of nitrogens with zero attached hydrogens (tertiary/aromatic N) is 1. The Bertz CT molecular complexity index is 1450. The zero-order valence-corrected chi connectivity index (χ0v) is 24.2. The van der Waals surface area contributed by atoms with E-state index in [1.807, 2.05) is 12.1 Å². The van der Waals surface area contributed by atoms with Gasteiger partial charge in [-0.1, -0.05) is 29.8 Å². The summed E-state index contributed by atoms with van der Waals surface area (Å²) in [4.78, 5) is 15.0. The topological polar surface area (TPSA) is 108 Å². The molecular weight excluding hydrogens is 550 g/mol. The maximum atomic E-state index is 13.3. The quantitative estimate of drug-likeness (QED) is 0.406. The first-order valence-electron chi connectivity index (χ1n) is 14.1. The average Bonchev–Trinajstić information content (AvgIpc) is 3.05. The third-order valence-electron chi connectivity index (χ3n) is 9.19. The molecule has 2 aliphatic heterocycles. The predicted octanol–water partition coefficient (Wildman–Crippen LogP) is 3.55. The van der Waals surface area contributed by atoms with Gasteiger partial charge < -0.3 is 20.1 Å². The van der Waals surface area contributed by atoms with E-state index < -0.39 is 28.1 Å². The molecule has 2 aliphatic carbocycles. The number of aryl methyl sites for hydroxylation is 1. The van der Waals surface area contributed by atoms with Crippen molar-refractivity contribution in [3.8, 4) is 5.75 Å². The molecule has 4 aliphatic rings. The van der Waals surface area contributed by atoms with E-state index in [2.05, 4.69) is 27.1 Å². The Labute approximate surface area is 240 Å². The van der Waals surface area contributed by atoms with E-state index in [4.69, 9.17) is 16.3 Å². The first-order valence-corrected chi connectivity index (χ1v) is 16.0. The highest BCUT2D eigenvalue weighted by molar-refractivity contribution is 7.90. The molecule has 3 N–H and O–H groups in total. The normalized spacial score (nSPS) is 32.5. The van der Waals surface area contributed by atoms with E-state index >= 15 is 0 Å². The van der Waals surface area contributed by atoms with Gasteiger partial charge in [-0.3, -0.25) is 4.79 Å². The first kappa shape index (κ1) is 27.6. The molecular formula is C30H36ClN3O5S. The van der Waals surface area contributed by atoms with Gasteiger partial charge in [-0.2, -0.15) is 0 Å². The van der Waals surface area contributed by atoms with Crippen molar-refractivity contribution >= 4 is 33.2 Å². The van der Waals surface area contributed by atoms with Gasteiger partial charge in [0.2, 0.25) is 0 Å². The summed E-state index contributed by atoms with van der Waals surface area (Å²) in [5, 5.41) is 14.7. The minimum atomic E-state index is -4.11. The molecule has 214 valence electrons. The molecule has 6 rings (SSSR count). The average molecular weight is 586 g/mol. The molecule has 2 aromatic carbocycles. The van der Waals surface area contributed by atoms with Gasteiger partial charge in [-0.05, 0) is 92.3 Å². The minimum Gasteiger partial charge on any atom is -0.490 e. The number of fused-ring (bicyclic) bond motifs is 4. The summed E-state index contributed by atoms with van der Waals surface area (Å²) in [6.45, 7) is 3.75. The summed E-state index contributed by atoms with van der Waals surface area (Å²) in [7, 11) is -4.11. The largest absolute Gasteiger partial charge is 0.490 e. The van der Waals surface area contributed by atoms with Crippen molar-refractivity contribution in [1.29, 1.82) is 0 Å². The van der Waals surface area contributed by atoms with Gasteiger partial charge in [0, 0.05) is 30.1 Å². The van der Waals surface area contributed by atoms with Crippen molar-refractivity contribution < 1.29 is 23.1 Å². The molecule has 40 heavy (non-hydrogen) atoms. The lowest BCUT2D eigenvalue weighted by atomic mass is 9.68. The Morgan fingerprint density at radius 2 is 2.02 bits per heavy atom. The van der Waals surface area contributed by atoms with Gasteiger partial charge in [-0.25, -0.2) is 13.1 Å². The second kappa shape index (κ2) is 10.7. The number of carbonyl (C=O) groups is 1. The van der Waals surface area contributed by atoms with Crippen LogP contribution in [0.1, 0.15) is 43.7 Å². The monoisotopic (exact) mass is 585 g/mol. The summed E-state index contributed by atoms with van der Waals surface area (Å²) in [5.74, 6) is 0.337. The van der Waals surface area contributed by atoms with Crippen molar-refractivity contribution in [3.63, 3.8) is 0 Å². The summed E-state index contributed by atoms with van der Waals surface area (Å²) >= 11 is 6.36. The lowest BCUT2D eigenvalue weighted by molar-refractivity contribution is -0.120. The molecule has 1 amide bonds. The molecule has 2 aromatic rings. The minimum absolute atomic E-state index is 0.0179. The Hall–Kier alpha value is -2.59. The molecule has 10 heteroatoms. The summed E-state index contributed by atoms with van der Waals surface area (Å²) in [6, 6.07) is 10.2. The lowest BCUT2D eigenvalue weighted by Crippen LogP contribution is -2.49. The number of carbonyl (C=O) groups excluding carboxylic acids is 1. The molecule has 0 aromatic heterocycles. The highest BCUT2D eigenvalue weighted by atomic mass is 35.5. The SMILES string of the molecule is C[C@H]1NC/C=C\[C@H](O)[C@@H]2CC[C@H]2CN2C[C@@]3(CCCc4cc(Cl)ccc43)COc3ccc(cc32)S(=O)(=O)NC1=O. The van der Waals surface area contributed by atoms with Crippen LogP contribution in [0, 0.1) is 11.8 Å². The molecule has 2 heterocycles. The maximum absolute atomic E-state index is 13.3. The van der Waals surface area contributed by atoms with Crippen LogP contribution >= 0.6 is 11.6 Å². The number of aliphatic hydroxyl groups excluding tert-OH is 1. The molecule has 1 fully saturated rings. The number of anilines is 1. The summed E-state index contributed by atoms with van der Waals surface area (Å²) in [5.41, 5.74) is 2.88. The molecule has 5 atom stereocenters. The Balaban J connectivity index is 1.43. The zero-order chi connectivity index (χ0) is 28.1. The summed E-state index contributed by atoms with van der Waals surface area (Å²) in [6.07, 6.45) is 7.85. The second-order valence-electron chi connectivity index (χ2n) is 11.8. The number of ether oxygens (including phenoxy) is 1. The molecule has 0 saturated heterocycles. The first-order chi connectivity index (χ1) is 19.1. The molecule has 8 nitrogen and oxygen atoms in total. The Morgan fingerprint density at radius 3 is 2.83 bits per heavy atom. The van der Waals surface area contributed by atoms with Crippen LogP contribution in [-0.4, -0.2) is 57.8 Å². The number of aliphatic hydroxyl groups is 1. The fourth-order valence-corrected chi connectivity index (χ4v) is 8.05. The van der Waals surface area contributed by atoms with E-state index in [-0.39, 0.29) is 22.1 Å². The van der Waals surface area contributed by atoms with Crippen LogP contribution < -0.4 is 19.7 Å². The summed E-state index contributed by atoms with van der Waals surface area (Å²) < 4.78 is 35.3. The van der Waals surface area contributed by atoms with Crippen molar-refractivity contribution in [2.24, 2.45) is 11.8 Å². The predicted molar refractivity (Wildman–Crippen MR) is 154 cm³/mol. The Kier molecular flexibility index (Phi) is 7.36. The number of halogens is 1. The zero-order valence-electron chi connectivity index (χ0n) is 22.6. The van der Waals surface area contributed by atoms with E-state index in [9.17, 15) is 18.3 Å². The van der Waals surface area contributed by atoms with Crippen LogP contribution in [0.2, 0.25) is 5.02 Å². The van der Waals surface area contributed by atoms with Gasteiger partial charge in [0.25, 0.3) is 15.9 Å². The number of hydrogen-bond donors (Lipinski definition) is 3. The maximum Gasteiger partial charge on any atom is 0.264 e. The van der Waals surface area contributed by atoms with Gasteiger partial charge in [-0.15, -0.1) is 0 Å². The van der Waals surface area contributed by atoms with Crippen LogP contribution in [-0.2, 0) is 26.7 Å². The lowest BCUT2D eigenvalue weighted by Gasteiger charge is -2.45. The molecule has 2 bridgehead atoms. The van der Waals surface area contributed by atoms with Crippen LogP contribution in [0.15, 0.2) is 53.4 Å². The van der Waals surface area contributed by atoms with Gasteiger partial charge in [0.15, 0.2) is 0 Å². The van der Waals surface area contributed by atoms with Crippen molar-refractivity contribution in [2.45, 2.75) is 61.5 Å². The van der Waals surface area contributed by atoms with Crippen LogP contribution in [0.25, 0.3) is 0 Å². The third kappa shape index (κ3) is 5.13. The van der Waals surface area contributed by atoms with Crippen LogP contribution in [0.4, 0.5) is 5.69 Å². The van der Waals surface area contributed by atoms with Gasteiger partial charge >= 0.3 is 0 Å². The molecule has 1 saturated carbocycles. The van der Waals surface area contributed by atoms with Crippen molar-refractivity contribution in [2.75, 3.05) is 31.1 Å². The number of nitrogens with one attached hydrogen (secondary N) is 2. The van der Waals surface area contributed by atoms with Crippen LogP contribution in [0.3, 0.4) is 0 Å². The fourth-order valence-electron chi connectivity index (χ4n) is 6.78. The number of benzene rings is 2. The smallest absolute Gasteiger partial charge is 0.264 e. The number of rotatable bonds is 0. The van der Waals surface area contributed by atoms with E-state index in [0.29, 0.717) is 37.7 Å². The molecule has 0 radical (unpaired) electrons. The van der Waals surface area contributed by atoms with Crippen LogP contribution in [0.5, 0.6) is 5.75 Å². The fraction of sp³-hybridized carbons (Fsp3) is 0.500. The molecule has 1 spiro atoms. The van der Waals surface area contributed by atoms with Gasteiger partial charge in [0.05, 0.1) is 29.3 Å². The molecule has 0 unspecified atom stereocenters. The highest BCUT2D eigenvalue weighted by Gasteiger charge is 2.44. The Morgan fingerprint density at radius 1 is 1.18 bits per heavy atom. The number of hydrogen-bond acceptors (Lipinski definition) is 7. The van der Waals surface area contributed by atoms with E-state index in [1.54, 1.807) is 25.1 Å². The van der Waals surface area contributed by atoms with E-state index in [1.165, 1.54) is 17.2 Å². The van der Waals surface area contributed by atoms with Gasteiger partial charge in [0.1, 0.15) is 5.75 Å². The second-order valence-corrected chi connectivity index (χ2v) is 13.9. The third-order valence-corrected chi connectivity index (χ3v) is 10.8. The van der Waals surface area contributed by atoms with E-state index in [0.717, 1.165) is 37.1 Å². The standard InChI is InChI=1S/C30H36ClN3O5S/c1-19-29(36)33-40(37,38)23-8-11-28-26(15-23)34(16-21-6-9-24(21)27(35)5-3-13-32-19)17-30(18-39-28)12-2-4-20-14-22(31)7-10-25(20)30/h3,5,7-8,10-11,14-15,19,21,24,27,32,35H,2,4,6,9,12-13,16-18H2,1H3,(H,33,36)/b5-3-/t19-,21+,24-,27+,30+/m1/s1. The van der Waals surface area contributed by atoms with Crippen molar-refractivity contribution in [1.82, 2.24) is 10.0 Å².